The van der Waals surface area contributed by atoms with Crippen molar-refractivity contribution in [2.24, 2.45) is 0 Å². The molecule has 2 rings (SSSR count). The van der Waals surface area contributed by atoms with E-state index in [0.717, 1.165) is 18.7 Å². The molecule has 0 radical (unpaired) electrons. The molecule has 1 aromatic rings. The summed E-state index contributed by atoms with van der Waals surface area (Å²) in [6.45, 7) is 2.20. The van der Waals surface area contributed by atoms with Crippen molar-refractivity contribution < 1.29 is 0 Å². The van der Waals surface area contributed by atoms with Crippen molar-refractivity contribution >= 4 is 0 Å². The Morgan fingerprint density at radius 3 is 2.71 bits per heavy atom. The second-order valence-corrected chi connectivity index (χ2v) is 4.40. The lowest BCUT2D eigenvalue weighted by atomic mass is 9.75. The molecule has 0 bridgehead atoms. The number of hydrogen-bond donors (Lipinski definition) is 1. The molecule has 3 heteroatoms. The standard InChI is InChI=1S/C11H16N2O/c1-11(6-3-2-4-7-11)10-12-8-5-9(14)13-10/h5,8H,2-4,6-7H2,1H3,(H,12,13,14). The van der Waals surface area contributed by atoms with Crippen molar-refractivity contribution in [3.05, 3.63) is 28.4 Å². The molecule has 0 saturated heterocycles. The zero-order valence-corrected chi connectivity index (χ0v) is 8.55. The maximum atomic E-state index is 11.2. The van der Waals surface area contributed by atoms with Crippen LogP contribution in [0.4, 0.5) is 0 Å². The summed E-state index contributed by atoms with van der Waals surface area (Å²) in [4.78, 5) is 18.3. The topological polar surface area (TPSA) is 45.8 Å². The van der Waals surface area contributed by atoms with Gasteiger partial charge in [-0.25, -0.2) is 4.98 Å². The van der Waals surface area contributed by atoms with Gasteiger partial charge in [-0.2, -0.15) is 0 Å². The van der Waals surface area contributed by atoms with Crippen LogP contribution in [0.25, 0.3) is 0 Å². The Bertz CT molecular complexity index is 364. The first kappa shape index (κ1) is 9.44. The first-order valence-electron chi connectivity index (χ1n) is 5.27. The summed E-state index contributed by atoms with van der Waals surface area (Å²) in [6.07, 6.45) is 7.69. The Balaban J connectivity index is 2.32. The van der Waals surface area contributed by atoms with Gasteiger partial charge < -0.3 is 4.98 Å². The van der Waals surface area contributed by atoms with Gasteiger partial charge in [0.05, 0.1) is 0 Å². The molecule has 1 aliphatic rings. The zero-order chi connectivity index (χ0) is 10.0. The van der Waals surface area contributed by atoms with Crippen molar-refractivity contribution in [1.29, 1.82) is 0 Å². The Labute approximate surface area is 83.6 Å². The third-order valence-corrected chi connectivity index (χ3v) is 3.20. The van der Waals surface area contributed by atoms with E-state index in [-0.39, 0.29) is 11.0 Å². The van der Waals surface area contributed by atoms with Crippen molar-refractivity contribution in [2.45, 2.75) is 44.4 Å². The average Bonchev–Trinajstić information content (AvgIpc) is 2.19. The Morgan fingerprint density at radius 1 is 1.36 bits per heavy atom. The van der Waals surface area contributed by atoms with Crippen LogP contribution in [0.2, 0.25) is 0 Å². The van der Waals surface area contributed by atoms with E-state index in [4.69, 9.17) is 0 Å². The number of rotatable bonds is 1. The van der Waals surface area contributed by atoms with Crippen molar-refractivity contribution in [2.75, 3.05) is 0 Å². The number of nitrogens with zero attached hydrogens (tertiary/aromatic N) is 1. The highest BCUT2D eigenvalue weighted by Crippen LogP contribution is 2.36. The summed E-state index contributed by atoms with van der Waals surface area (Å²) in [5, 5.41) is 0. The summed E-state index contributed by atoms with van der Waals surface area (Å²) in [5.74, 6) is 0.865. The lowest BCUT2D eigenvalue weighted by Crippen LogP contribution is -2.29. The molecule has 1 saturated carbocycles. The SMILES string of the molecule is CC1(c2nccc(=O)[nH]2)CCCCC1. The highest BCUT2D eigenvalue weighted by Gasteiger charge is 2.30. The Morgan fingerprint density at radius 2 is 2.07 bits per heavy atom. The van der Waals surface area contributed by atoms with Gasteiger partial charge in [-0.05, 0) is 12.8 Å². The van der Waals surface area contributed by atoms with Crippen LogP contribution in [0.15, 0.2) is 17.1 Å². The van der Waals surface area contributed by atoms with Crippen molar-refractivity contribution in [3.8, 4) is 0 Å². The van der Waals surface area contributed by atoms with Gasteiger partial charge in [0.2, 0.25) is 0 Å². The monoisotopic (exact) mass is 192 g/mol. The summed E-state index contributed by atoms with van der Waals surface area (Å²) in [7, 11) is 0. The molecule has 0 atom stereocenters. The fourth-order valence-corrected chi connectivity index (χ4v) is 2.25. The molecule has 0 aliphatic heterocycles. The van der Waals surface area contributed by atoms with Gasteiger partial charge >= 0.3 is 0 Å². The van der Waals surface area contributed by atoms with Gasteiger partial charge in [0.1, 0.15) is 5.82 Å². The van der Waals surface area contributed by atoms with E-state index in [1.165, 1.54) is 25.3 Å². The largest absolute Gasteiger partial charge is 0.310 e. The van der Waals surface area contributed by atoms with Crippen LogP contribution in [0.1, 0.15) is 44.9 Å². The van der Waals surface area contributed by atoms with Crippen LogP contribution < -0.4 is 5.56 Å². The molecule has 1 fully saturated rings. The molecular formula is C11H16N2O. The molecule has 0 spiro atoms. The second-order valence-electron chi connectivity index (χ2n) is 4.40. The van der Waals surface area contributed by atoms with E-state index >= 15 is 0 Å². The molecular weight excluding hydrogens is 176 g/mol. The molecule has 0 amide bonds. The van der Waals surface area contributed by atoms with E-state index in [0.29, 0.717) is 0 Å². The quantitative estimate of drug-likeness (QED) is 0.739. The average molecular weight is 192 g/mol. The molecule has 14 heavy (non-hydrogen) atoms. The second kappa shape index (κ2) is 3.56. The summed E-state index contributed by atoms with van der Waals surface area (Å²) >= 11 is 0. The minimum Gasteiger partial charge on any atom is -0.310 e. The third-order valence-electron chi connectivity index (χ3n) is 3.20. The maximum Gasteiger partial charge on any atom is 0.250 e. The predicted octanol–water partition coefficient (Wildman–Crippen LogP) is 1.99. The van der Waals surface area contributed by atoms with E-state index < -0.39 is 0 Å². The van der Waals surface area contributed by atoms with E-state index in [1.54, 1.807) is 6.20 Å². The lowest BCUT2D eigenvalue weighted by Gasteiger charge is -2.32. The molecule has 1 aromatic heterocycles. The van der Waals surface area contributed by atoms with E-state index in [2.05, 4.69) is 16.9 Å². The van der Waals surface area contributed by atoms with Crippen LogP contribution >= 0.6 is 0 Å². The number of aromatic nitrogens is 2. The van der Waals surface area contributed by atoms with Gasteiger partial charge in [0.25, 0.3) is 5.56 Å². The van der Waals surface area contributed by atoms with Crippen LogP contribution in [0, 0.1) is 0 Å². The van der Waals surface area contributed by atoms with Crippen molar-refractivity contribution in [3.63, 3.8) is 0 Å². The summed E-state index contributed by atoms with van der Waals surface area (Å²) in [5.41, 5.74) is 0.0559. The highest BCUT2D eigenvalue weighted by atomic mass is 16.1. The number of aromatic amines is 1. The fourth-order valence-electron chi connectivity index (χ4n) is 2.25. The van der Waals surface area contributed by atoms with Gasteiger partial charge in [0, 0.05) is 17.7 Å². The molecule has 1 N–H and O–H groups in total. The van der Waals surface area contributed by atoms with Crippen LogP contribution in [0.5, 0.6) is 0 Å². The van der Waals surface area contributed by atoms with Crippen LogP contribution in [-0.2, 0) is 5.41 Å². The van der Waals surface area contributed by atoms with E-state index in [1.807, 2.05) is 0 Å². The van der Waals surface area contributed by atoms with E-state index in [9.17, 15) is 4.79 Å². The molecule has 1 heterocycles. The number of nitrogens with one attached hydrogen (secondary N) is 1. The molecule has 76 valence electrons. The fraction of sp³-hybridized carbons (Fsp3) is 0.636. The summed E-state index contributed by atoms with van der Waals surface area (Å²) in [6, 6.07) is 1.47. The minimum atomic E-state index is -0.0400. The van der Waals surface area contributed by atoms with Gasteiger partial charge in [0.15, 0.2) is 0 Å². The minimum absolute atomic E-state index is 0.0400. The molecule has 3 nitrogen and oxygen atoms in total. The van der Waals surface area contributed by atoms with Gasteiger partial charge in [-0.1, -0.05) is 26.2 Å². The molecule has 0 unspecified atom stereocenters. The number of H-pyrrole nitrogens is 1. The normalized spacial score (nSPS) is 20.6. The predicted molar refractivity (Wildman–Crippen MR) is 55.3 cm³/mol. The Hall–Kier alpha value is -1.12. The number of hydrogen-bond acceptors (Lipinski definition) is 2. The van der Waals surface area contributed by atoms with Gasteiger partial charge in [-0.15, -0.1) is 0 Å². The van der Waals surface area contributed by atoms with Crippen molar-refractivity contribution in [1.82, 2.24) is 9.97 Å². The van der Waals surface area contributed by atoms with Gasteiger partial charge in [-0.3, -0.25) is 4.79 Å². The smallest absolute Gasteiger partial charge is 0.250 e. The van der Waals surface area contributed by atoms with Crippen LogP contribution in [-0.4, -0.2) is 9.97 Å². The highest BCUT2D eigenvalue weighted by molar-refractivity contribution is 5.07. The molecule has 0 aromatic carbocycles. The molecule has 1 aliphatic carbocycles. The third kappa shape index (κ3) is 1.72. The first-order valence-corrected chi connectivity index (χ1v) is 5.27. The Kier molecular flexibility index (Phi) is 2.40. The zero-order valence-electron chi connectivity index (χ0n) is 8.55. The maximum absolute atomic E-state index is 11.2. The lowest BCUT2D eigenvalue weighted by molar-refractivity contribution is 0.303. The van der Waals surface area contributed by atoms with Crippen LogP contribution in [0.3, 0.4) is 0 Å². The summed E-state index contributed by atoms with van der Waals surface area (Å²) < 4.78 is 0. The first-order chi connectivity index (χ1) is 6.71.